The lowest BCUT2D eigenvalue weighted by atomic mass is 9.92. The number of benzene rings is 1. The van der Waals surface area contributed by atoms with Gasteiger partial charge in [0.15, 0.2) is 11.5 Å². The van der Waals surface area contributed by atoms with E-state index in [1.54, 1.807) is 6.07 Å². The van der Waals surface area contributed by atoms with E-state index in [0.29, 0.717) is 5.69 Å². The molecule has 1 heterocycles. The molecule has 1 saturated carbocycles. The van der Waals surface area contributed by atoms with Gasteiger partial charge in [-0.05, 0) is 25.0 Å². The molecule has 104 valence electrons. The first-order chi connectivity index (χ1) is 9.03. The van der Waals surface area contributed by atoms with E-state index in [1.807, 2.05) is 0 Å². The normalized spacial score (nSPS) is 28.2. The van der Waals surface area contributed by atoms with Gasteiger partial charge in [0.05, 0.1) is 12.1 Å². The van der Waals surface area contributed by atoms with E-state index < -0.39 is 12.4 Å². The lowest BCUT2D eigenvalue weighted by molar-refractivity contribution is -0.286. The minimum absolute atomic E-state index is 0.0142. The van der Waals surface area contributed by atoms with Gasteiger partial charge in [-0.2, -0.15) is 0 Å². The van der Waals surface area contributed by atoms with Crippen molar-refractivity contribution in [3.63, 3.8) is 0 Å². The summed E-state index contributed by atoms with van der Waals surface area (Å²) in [7, 11) is 0. The number of rotatable bonds is 2. The highest BCUT2D eigenvalue weighted by Gasteiger charge is 2.43. The fourth-order valence-corrected chi connectivity index (χ4v) is 2.53. The third kappa shape index (κ3) is 2.58. The molecule has 1 aromatic carbocycles. The molecule has 0 saturated heterocycles. The first-order valence-corrected chi connectivity index (χ1v) is 6.38. The van der Waals surface area contributed by atoms with Crippen molar-refractivity contribution >= 4 is 5.69 Å². The Morgan fingerprint density at radius 1 is 1.16 bits per heavy atom. The zero-order valence-electron chi connectivity index (χ0n) is 10.2. The van der Waals surface area contributed by atoms with Crippen LogP contribution in [0.2, 0.25) is 0 Å². The summed E-state index contributed by atoms with van der Waals surface area (Å²) >= 11 is 0. The topological polar surface area (TPSA) is 50.7 Å². The second kappa shape index (κ2) is 4.52. The summed E-state index contributed by atoms with van der Waals surface area (Å²) < 4.78 is 34.5. The molecular weight excluding hydrogens is 256 g/mol. The van der Waals surface area contributed by atoms with E-state index in [0.717, 1.165) is 25.7 Å². The maximum Gasteiger partial charge on any atom is 0.586 e. The summed E-state index contributed by atoms with van der Waals surface area (Å²) in [5.41, 5.74) is 0.644. The molecule has 1 aliphatic carbocycles. The Labute approximate surface area is 109 Å². The predicted octanol–water partition coefficient (Wildman–Crippen LogP) is 2.72. The molecule has 0 bridgehead atoms. The van der Waals surface area contributed by atoms with Gasteiger partial charge in [-0.3, -0.25) is 0 Å². The predicted molar refractivity (Wildman–Crippen MR) is 64.5 cm³/mol. The van der Waals surface area contributed by atoms with E-state index in [1.165, 1.54) is 12.1 Å². The number of aliphatic hydroxyl groups excluding tert-OH is 1. The molecule has 1 aromatic rings. The average molecular weight is 271 g/mol. The number of halogens is 2. The molecule has 0 radical (unpaired) electrons. The van der Waals surface area contributed by atoms with Crippen LogP contribution in [0.5, 0.6) is 11.5 Å². The highest BCUT2D eigenvalue weighted by atomic mass is 19.3. The third-order valence-corrected chi connectivity index (χ3v) is 3.48. The number of nitrogens with one attached hydrogen (secondary N) is 1. The third-order valence-electron chi connectivity index (χ3n) is 3.48. The number of alkyl halides is 2. The Balaban J connectivity index is 1.73. The van der Waals surface area contributed by atoms with Crippen LogP contribution in [0.3, 0.4) is 0 Å². The van der Waals surface area contributed by atoms with Crippen molar-refractivity contribution in [1.82, 2.24) is 0 Å². The molecule has 0 aromatic heterocycles. The number of fused-ring (bicyclic) bond motifs is 1. The summed E-state index contributed by atoms with van der Waals surface area (Å²) in [5.74, 6) is 0.0417. The molecule has 2 unspecified atom stereocenters. The van der Waals surface area contributed by atoms with Crippen LogP contribution < -0.4 is 14.8 Å². The van der Waals surface area contributed by atoms with Crippen molar-refractivity contribution in [2.45, 2.75) is 44.1 Å². The lowest BCUT2D eigenvalue weighted by Gasteiger charge is -2.29. The van der Waals surface area contributed by atoms with Gasteiger partial charge in [0.25, 0.3) is 0 Å². The smallest absolute Gasteiger partial charge is 0.395 e. The zero-order chi connectivity index (χ0) is 13.5. The van der Waals surface area contributed by atoms with Crippen LogP contribution in [0.1, 0.15) is 25.7 Å². The van der Waals surface area contributed by atoms with Gasteiger partial charge in [0.2, 0.25) is 0 Å². The maximum absolute atomic E-state index is 12.9. The molecule has 3 rings (SSSR count). The second-order valence-electron chi connectivity index (χ2n) is 4.93. The number of aliphatic hydroxyl groups is 1. The molecule has 1 aliphatic heterocycles. The minimum Gasteiger partial charge on any atom is -0.395 e. The molecule has 2 atom stereocenters. The Hall–Kier alpha value is -1.56. The van der Waals surface area contributed by atoms with Crippen molar-refractivity contribution in [3.8, 4) is 11.5 Å². The van der Waals surface area contributed by atoms with Crippen molar-refractivity contribution in [2.75, 3.05) is 5.32 Å². The van der Waals surface area contributed by atoms with Gasteiger partial charge >= 0.3 is 6.29 Å². The van der Waals surface area contributed by atoms with Gasteiger partial charge in [-0.25, -0.2) is 0 Å². The summed E-state index contributed by atoms with van der Waals surface area (Å²) in [6, 6.07) is 4.51. The second-order valence-corrected chi connectivity index (χ2v) is 4.93. The van der Waals surface area contributed by atoms with Crippen LogP contribution in [0, 0.1) is 0 Å². The van der Waals surface area contributed by atoms with Crippen LogP contribution in [-0.4, -0.2) is 23.5 Å². The summed E-state index contributed by atoms with van der Waals surface area (Å²) in [4.78, 5) is 0. The number of hydrogen-bond donors (Lipinski definition) is 2. The largest absolute Gasteiger partial charge is 0.586 e. The maximum atomic E-state index is 12.9. The van der Waals surface area contributed by atoms with Gasteiger partial charge in [0.1, 0.15) is 0 Å². The zero-order valence-corrected chi connectivity index (χ0v) is 10.2. The van der Waals surface area contributed by atoms with Gasteiger partial charge < -0.3 is 19.9 Å². The van der Waals surface area contributed by atoms with E-state index in [-0.39, 0.29) is 17.5 Å². The lowest BCUT2D eigenvalue weighted by Crippen LogP contribution is -2.36. The Morgan fingerprint density at radius 3 is 2.68 bits per heavy atom. The summed E-state index contributed by atoms with van der Waals surface area (Å²) in [6.07, 6.45) is -0.290. The van der Waals surface area contributed by atoms with Gasteiger partial charge in [-0.15, -0.1) is 8.78 Å². The van der Waals surface area contributed by atoms with Crippen molar-refractivity contribution in [1.29, 1.82) is 0 Å². The highest BCUT2D eigenvalue weighted by Crippen LogP contribution is 2.42. The fourth-order valence-electron chi connectivity index (χ4n) is 2.53. The Kier molecular flexibility index (Phi) is 2.97. The van der Waals surface area contributed by atoms with Crippen molar-refractivity contribution < 1.29 is 23.4 Å². The van der Waals surface area contributed by atoms with E-state index in [9.17, 15) is 13.9 Å². The average Bonchev–Trinajstić information content (AvgIpc) is 2.65. The molecule has 0 spiro atoms. The quantitative estimate of drug-likeness (QED) is 0.868. The molecule has 19 heavy (non-hydrogen) atoms. The minimum atomic E-state index is -3.59. The number of anilines is 1. The van der Waals surface area contributed by atoms with Crippen molar-refractivity contribution in [2.24, 2.45) is 0 Å². The number of ether oxygens (including phenoxy) is 2. The first kappa shape index (κ1) is 12.5. The molecule has 4 nitrogen and oxygen atoms in total. The van der Waals surface area contributed by atoms with Crippen LogP contribution in [0.15, 0.2) is 18.2 Å². The monoisotopic (exact) mass is 271 g/mol. The van der Waals surface area contributed by atoms with Crippen LogP contribution in [-0.2, 0) is 0 Å². The first-order valence-electron chi connectivity index (χ1n) is 6.38. The summed E-state index contributed by atoms with van der Waals surface area (Å²) in [6.45, 7) is 0. The molecule has 6 heteroatoms. The standard InChI is InChI=1S/C13H15F2NO3/c14-13(15)18-11-6-5-8(7-12(11)19-13)16-9-3-1-2-4-10(9)17/h5-7,9-10,16-17H,1-4H2. The van der Waals surface area contributed by atoms with E-state index >= 15 is 0 Å². The van der Waals surface area contributed by atoms with Gasteiger partial charge in [-0.1, -0.05) is 12.8 Å². The van der Waals surface area contributed by atoms with E-state index in [4.69, 9.17) is 0 Å². The van der Waals surface area contributed by atoms with Crippen molar-refractivity contribution in [3.05, 3.63) is 18.2 Å². The Bertz CT molecular complexity index is 481. The Morgan fingerprint density at radius 2 is 1.89 bits per heavy atom. The van der Waals surface area contributed by atoms with Gasteiger partial charge in [0, 0.05) is 11.8 Å². The van der Waals surface area contributed by atoms with Crippen LogP contribution >= 0.6 is 0 Å². The molecule has 0 amide bonds. The fraction of sp³-hybridized carbons (Fsp3) is 0.538. The summed E-state index contributed by atoms with van der Waals surface area (Å²) in [5, 5.41) is 13.0. The van der Waals surface area contributed by atoms with Crippen LogP contribution in [0.4, 0.5) is 14.5 Å². The highest BCUT2D eigenvalue weighted by molar-refractivity contribution is 5.56. The molecular formula is C13H15F2NO3. The number of hydrogen-bond acceptors (Lipinski definition) is 4. The molecule has 2 N–H and O–H groups in total. The molecule has 2 aliphatic rings. The molecule has 1 fully saturated rings. The SMILES string of the molecule is OC1CCCCC1Nc1ccc2c(c1)OC(F)(F)O2. The van der Waals surface area contributed by atoms with E-state index in [2.05, 4.69) is 14.8 Å². The van der Waals surface area contributed by atoms with Crippen LogP contribution in [0.25, 0.3) is 0 Å².